The molecule has 82 valence electrons. The molecule has 1 aromatic rings. The van der Waals surface area contributed by atoms with Gasteiger partial charge in [0.25, 0.3) is 0 Å². The lowest BCUT2D eigenvalue weighted by Crippen LogP contribution is -2.27. The Labute approximate surface area is 83.3 Å². The number of halogens is 3. The summed E-state index contributed by atoms with van der Waals surface area (Å²) in [4.78, 5) is 11.2. The fraction of sp³-hybridized carbons (Fsp3) is 0.222. The van der Waals surface area contributed by atoms with Crippen LogP contribution in [-0.4, -0.2) is 16.9 Å². The van der Waals surface area contributed by atoms with E-state index in [2.05, 4.69) is 0 Å². The number of phenolic OH excluding ortho intramolecular Hbond substituents is 1. The van der Waals surface area contributed by atoms with Gasteiger partial charge in [0.2, 0.25) is 5.82 Å². The first-order valence-corrected chi connectivity index (χ1v) is 4.02. The van der Waals surface area contributed by atoms with Crippen molar-refractivity contribution in [3.63, 3.8) is 0 Å². The summed E-state index contributed by atoms with van der Waals surface area (Å²) in [6.07, 6.45) is 0. The van der Waals surface area contributed by atoms with E-state index in [0.29, 0.717) is 6.07 Å². The summed E-state index contributed by atoms with van der Waals surface area (Å²) in [6.45, 7) is 1.28. The van der Waals surface area contributed by atoms with Crippen LogP contribution >= 0.6 is 0 Å². The van der Waals surface area contributed by atoms with Crippen molar-refractivity contribution in [2.45, 2.75) is 13.0 Å². The monoisotopic (exact) mass is 219 g/mol. The quantitative estimate of drug-likeness (QED) is 0.582. The lowest BCUT2D eigenvalue weighted by atomic mass is 10.0. The molecule has 1 aromatic carbocycles. The predicted octanol–water partition coefficient (Wildman–Crippen LogP) is 1.34. The first-order chi connectivity index (χ1) is 6.86. The third-order valence-electron chi connectivity index (χ3n) is 1.82. The molecule has 1 atom stereocenters. The predicted molar refractivity (Wildman–Crippen MR) is 46.0 cm³/mol. The van der Waals surface area contributed by atoms with Gasteiger partial charge in [0.15, 0.2) is 23.2 Å². The molecule has 0 saturated carbocycles. The third-order valence-corrected chi connectivity index (χ3v) is 1.82. The van der Waals surface area contributed by atoms with Crippen LogP contribution in [0.15, 0.2) is 6.07 Å². The van der Waals surface area contributed by atoms with Crippen molar-refractivity contribution in [1.82, 2.24) is 0 Å². The highest BCUT2D eigenvalue weighted by Gasteiger charge is 2.23. The van der Waals surface area contributed by atoms with Crippen LogP contribution in [0.2, 0.25) is 0 Å². The Bertz CT molecular complexity index is 418. The number of hydrogen-bond acceptors (Lipinski definition) is 3. The van der Waals surface area contributed by atoms with Crippen molar-refractivity contribution in [3.05, 3.63) is 29.1 Å². The SMILES string of the molecule is CC(N)C(=O)c1cc(F)c(F)c(F)c1O. The molecule has 15 heavy (non-hydrogen) atoms. The number of ketones is 1. The molecule has 0 radical (unpaired) electrons. The second-order valence-corrected chi connectivity index (χ2v) is 3.04. The maximum atomic E-state index is 12.8. The van der Waals surface area contributed by atoms with Crippen molar-refractivity contribution in [2.24, 2.45) is 5.73 Å². The van der Waals surface area contributed by atoms with E-state index in [9.17, 15) is 18.0 Å². The fourth-order valence-electron chi connectivity index (χ4n) is 1.02. The summed E-state index contributed by atoms with van der Waals surface area (Å²) in [5, 5.41) is 9.06. The van der Waals surface area contributed by atoms with E-state index < -0.39 is 40.6 Å². The lowest BCUT2D eigenvalue weighted by molar-refractivity contribution is 0.0963. The number of carbonyl (C=O) groups excluding carboxylic acids is 1. The van der Waals surface area contributed by atoms with Gasteiger partial charge in [0, 0.05) is 0 Å². The highest BCUT2D eigenvalue weighted by atomic mass is 19.2. The number of hydrogen-bond donors (Lipinski definition) is 2. The molecule has 0 aromatic heterocycles. The molecule has 3 nitrogen and oxygen atoms in total. The van der Waals surface area contributed by atoms with E-state index >= 15 is 0 Å². The van der Waals surface area contributed by atoms with Gasteiger partial charge < -0.3 is 10.8 Å². The van der Waals surface area contributed by atoms with Gasteiger partial charge >= 0.3 is 0 Å². The Hall–Kier alpha value is -1.56. The number of benzene rings is 1. The highest BCUT2D eigenvalue weighted by molar-refractivity contribution is 6.02. The summed E-state index contributed by atoms with van der Waals surface area (Å²) < 4.78 is 38.1. The number of phenols is 1. The van der Waals surface area contributed by atoms with Crippen LogP contribution in [0.3, 0.4) is 0 Å². The van der Waals surface area contributed by atoms with E-state index in [1.165, 1.54) is 6.92 Å². The maximum Gasteiger partial charge on any atom is 0.204 e. The number of aromatic hydroxyl groups is 1. The molecule has 0 heterocycles. The molecule has 0 fully saturated rings. The fourth-order valence-corrected chi connectivity index (χ4v) is 1.02. The van der Waals surface area contributed by atoms with Gasteiger partial charge in [-0.2, -0.15) is 4.39 Å². The average molecular weight is 219 g/mol. The van der Waals surface area contributed by atoms with Crippen LogP contribution in [-0.2, 0) is 0 Å². The molecule has 0 spiro atoms. The van der Waals surface area contributed by atoms with Gasteiger partial charge in [-0.05, 0) is 13.0 Å². The molecule has 0 aliphatic carbocycles. The average Bonchev–Trinajstić information content (AvgIpc) is 2.19. The van der Waals surface area contributed by atoms with Gasteiger partial charge in [-0.25, -0.2) is 8.78 Å². The van der Waals surface area contributed by atoms with Crippen LogP contribution in [0.25, 0.3) is 0 Å². The molecule has 0 saturated heterocycles. The van der Waals surface area contributed by atoms with Crippen LogP contribution in [0, 0.1) is 17.5 Å². The lowest BCUT2D eigenvalue weighted by Gasteiger charge is -2.08. The Morgan fingerprint density at radius 3 is 2.40 bits per heavy atom. The largest absolute Gasteiger partial charge is 0.504 e. The molecule has 1 rings (SSSR count). The summed E-state index contributed by atoms with van der Waals surface area (Å²) >= 11 is 0. The minimum Gasteiger partial charge on any atom is -0.504 e. The van der Waals surface area contributed by atoms with Gasteiger partial charge in [-0.1, -0.05) is 0 Å². The standard InChI is InChI=1S/C9H8F3NO2/c1-3(13)8(14)4-2-5(10)6(11)7(12)9(4)15/h2-3,15H,13H2,1H3. The normalized spacial score (nSPS) is 12.6. The minimum atomic E-state index is -1.83. The van der Waals surface area contributed by atoms with E-state index in [0.717, 1.165) is 0 Å². The molecule has 6 heteroatoms. The molecular weight excluding hydrogens is 211 g/mol. The number of Topliss-reactive ketones (excluding diaryl/α,β-unsaturated/α-hetero) is 1. The smallest absolute Gasteiger partial charge is 0.204 e. The molecule has 3 N–H and O–H groups in total. The van der Waals surface area contributed by atoms with E-state index in [-0.39, 0.29) is 0 Å². The van der Waals surface area contributed by atoms with Crippen molar-refractivity contribution < 1.29 is 23.1 Å². The summed E-state index contributed by atoms with van der Waals surface area (Å²) in [7, 11) is 0. The van der Waals surface area contributed by atoms with Crippen LogP contribution in [0.1, 0.15) is 17.3 Å². The van der Waals surface area contributed by atoms with Gasteiger partial charge in [0.05, 0.1) is 11.6 Å². The van der Waals surface area contributed by atoms with Crippen molar-refractivity contribution >= 4 is 5.78 Å². The zero-order valence-electron chi connectivity index (χ0n) is 7.72. The van der Waals surface area contributed by atoms with Gasteiger partial charge in [-0.15, -0.1) is 0 Å². The second kappa shape index (κ2) is 3.90. The maximum absolute atomic E-state index is 12.8. The molecular formula is C9H8F3NO2. The van der Waals surface area contributed by atoms with E-state index in [1.54, 1.807) is 0 Å². The molecule has 1 unspecified atom stereocenters. The first kappa shape index (κ1) is 11.5. The third kappa shape index (κ3) is 1.94. The summed E-state index contributed by atoms with van der Waals surface area (Å²) in [5.41, 5.74) is 4.51. The number of rotatable bonds is 2. The zero-order valence-corrected chi connectivity index (χ0v) is 7.72. The Morgan fingerprint density at radius 1 is 1.40 bits per heavy atom. The number of carbonyl (C=O) groups is 1. The minimum absolute atomic E-state index is 0.416. The summed E-state index contributed by atoms with van der Waals surface area (Å²) in [6, 6.07) is -0.625. The Kier molecular flexibility index (Phi) is 2.99. The zero-order chi connectivity index (χ0) is 11.7. The summed E-state index contributed by atoms with van der Waals surface area (Å²) in [5.74, 6) is -7.26. The highest BCUT2D eigenvalue weighted by Crippen LogP contribution is 2.26. The van der Waals surface area contributed by atoms with Crippen LogP contribution in [0.5, 0.6) is 5.75 Å². The topological polar surface area (TPSA) is 63.3 Å². The van der Waals surface area contributed by atoms with Crippen molar-refractivity contribution in [2.75, 3.05) is 0 Å². The Morgan fingerprint density at radius 2 is 1.93 bits per heavy atom. The molecule has 0 amide bonds. The first-order valence-electron chi connectivity index (χ1n) is 4.02. The Balaban J connectivity index is 3.39. The van der Waals surface area contributed by atoms with Crippen molar-refractivity contribution in [1.29, 1.82) is 0 Å². The van der Waals surface area contributed by atoms with Gasteiger partial charge in [-0.3, -0.25) is 4.79 Å². The second-order valence-electron chi connectivity index (χ2n) is 3.04. The van der Waals surface area contributed by atoms with Crippen LogP contribution in [0.4, 0.5) is 13.2 Å². The molecule has 0 bridgehead atoms. The van der Waals surface area contributed by atoms with E-state index in [4.69, 9.17) is 10.8 Å². The van der Waals surface area contributed by atoms with Gasteiger partial charge in [0.1, 0.15) is 0 Å². The number of nitrogens with two attached hydrogens (primary N) is 1. The van der Waals surface area contributed by atoms with Crippen molar-refractivity contribution in [3.8, 4) is 5.75 Å². The van der Waals surface area contributed by atoms with E-state index in [1.807, 2.05) is 0 Å². The molecule has 0 aliphatic rings. The van der Waals surface area contributed by atoms with Crippen LogP contribution < -0.4 is 5.73 Å². The molecule has 0 aliphatic heterocycles.